The molecule has 0 atom stereocenters. The summed E-state index contributed by atoms with van der Waals surface area (Å²) in [5, 5.41) is 2.03. The van der Waals surface area contributed by atoms with E-state index in [2.05, 4.69) is 10.0 Å². The quantitative estimate of drug-likeness (QED) is 0.503. The number of sulfonamides is 1. The van der Waals surface area contributed by atoms with Gasteiger partial charge >= 0.3 is 6.18 Å². The first-order chi connectivity index (χ1) is 14.5. The molecule has 0 heterocycles. The number of anilines is 2. The van der Waals surface area contributed by atoms with Crippen molar-refractivity contribution in [3.63, 3.8) is 0 Å². The van der Waals surface area contributed by atoms with E-state index in [1.54, 1.807) is 31.2 Å². The van der Waals surface area contributed by atoms with Crippen LogP contribution in [0.15, 0.2) is 71.6 Å². The predicted molar refractivity (Wildman–Crippen MR) is 113 cm³/mol. The minimum atomic E-state index is -4.67. The molecular weight excluding hydrogens is 453 g/mol. The molecule has 2 N–H and O–H groups in total. The Morgan fingerprint density at radius 1 is 0.935 bits per heavy atom. The molecule has 10 heteroatoms. The number of carbonyl (C=O) groups is 1. The maximum Gasteiger partial charge on any atom is 0.418 e. The fourth-order valence-electron chi connectivity index (χ4n) is 2.77. The molecule has 3 aromatic carbocycles. The highest BCUT2D eigenvalue weighted by molar-refractivity contribution is 7.92. The predicted octanol–water partition coefficient (Wildman–Crippen LogP) is 5.72. The average molecular weight is 469 g/mol. The van der Waals surface area contributed by atoms with Gasteiger partial charge in [0.2, 0.25) is 0 Å². The molecule has 5 nitrogen and oxygen atoms in total. The van der Waals surface area contributed by atoms with Gasteiger partial charge in [-0.15, -0.1) is 0 Å². The molecule has 0 fully saturated rings. The van der Waals surface area contributed by atoms with Crippen LogP contribution in [0.5, 0.6) is 0 Å². The van der Waals surface area contributed by atoms with Gasteiger partial charge in [-0.3, -0.25) is 9.52 Å². The van der Waals surface area contributed by atoms with Gasteiger partial charge in [0, 0.05) is 5.56 Å². The highest BCUT2D eigenvalue weighted by atomic mass is 35.5. The van der Waals surface area contributed by atoms with Gasteiger partial charge in [-0.1, -0.05) is 41.9 Å². The summed E-state index contributed by atoms with van der Waals surface area (Å²) >= 11 is 6.04. The van der Waals surface area contributed by atoms with E-state index in [1.165, 1.54) is 24.3 Å². The van der Waals surface area contributed by atoms with E-state index in [9.17, 15) is 26.4 Å². The van der Waals surface area contributed by atoms with Crippen LogP contribution in [0.3, 0.4) is 0 Å². The van der Waals surface area contributed by atoms with Crippen molar-refractivity contribution in [3.05, 3.63) is 88.4 Å². The van der Waals surface area contributed by atoms with Gasteiger partial charge in [0.05, 0.1) is 22.0 Å². The van der Waals surface area contributed by atoms with Gasteiger partial charge in [0.15, 0.2) is 0 Å². The van der Waals surface area contributed by atoms with Crippen LogP contribution < -0.4 is 10.0 Å². The molecule has 31 heavy (non-hydrogen) atoms. The van der Waals surface area contributed by atoms with E-state index in [0.29, 0.717) is 11.3 Å². The Morgan fingerprint density at radius 3 is 2.19 bits per heavy atom. The molecule has 0 aliphatic heterocycles. The summed E-state index contributed by atoms with van der Waals surface area (Å²) < 4.78 is 67.5. The molecule has 3 rings (SSSR count). The number of carbonyl (C=O) groups excluding carboxylic acids is 1. The molecular formula is C21H16ClF3N2O3S. The normalized spacial score (nSPS) is 11.8. The Kier molecular flexibility index (Phi) is 6.28. The second-order valence-electron chi connectivity index (χ2n) is 6.56. The second kappa shape index (κ2) is 8.60. The summed E-state index contributed by atoms with van der Waals surface area (Å²) in [5.74, 6) is -0.916. The van der Waals surface area contributed by atoms with E-state index >= 15 is 0 Å². The van der Waals surface area contributed by atoms with Crippen LogP contribution in [0.1, 0.15) is 21.5 Å². The zero-order valence-corrected chi connectivity index (χ0v) is 17.6. The Hall–Kier alpha value is -3.04. The van der Waals surface area contributed by atoms with Crippen molar-refractivity contribution in [1.29, 1.82) is 0 Å². The number of rotatable bonds is 5. The molecule has 0 saturated carbocycles. The molecule has 162 valence electrons. The molecule has 0 unspecified atom stereocenters. The van der Waals surface area contributed by atoms with Crippen molar-refractivity contribution in [1.82, 2.24) is 0 Å². The zero-order chi connectivity index (χ0) is 22.8. The van der Waals surface area contributed by atoms with Crippen LogP contribution in [0.4, 0.5) is 24.5 Å². The average Bonchev–Trinajstić information content (AvgIpc) is 2.69. The van der Waals surface area contributed by atoms with Crippen molar-refractivity contribution in [2.75, 3.05) is 10.0 Å². The van der Waals surface area contributed by atoms with Crippen LogP contribution in [0.2, 0.25) is 5.02 Å². The lowest BCUT2D eigenvalue weighted by Gasteiger charge is -2.15. The minimum Gasteiger partial charge on any atom is -0.321 e. The number of benzene rings is 3. The maximum absolute atomic E-state index is 13.2. The van der Waals surface area contributed by atoms with E-state index in [-0.39, 0.29) is 15.5 Å². The number of hydrogen-bond donors (Lipinski definition) is 2. The van der Waals surface area contributed by atoms with Crippen molar-refractivity contribution in [2.24, 2.45) is 0 Å². The number of nitrogens with one attached hydrogen (secondary N) is 2. The Bertz CT molecular complexity index is 1240. The highest BCUT2D eigenvalue weighted by Crippen LogP contribution is 2.35. The van der Waals surface area contributed by atoms with Crippen molar-refractivity contribution in [3.8, 4) is 0 Å². The fourth-order valence-corrected chi connectivity index (χ4v) is 4.43. The minimum absolute atomic E-state index is 0.145. The van der Waals surface area contributed by atoms with Gasteiger partial charge in [0.25, 0.3) is 15.9 Å². The monoisotopic (exact) mass is 468 g/mol. The van der Waals surface area contributed by atoms with Gasteiger partial charge < -0.3 is 5.32 Å². The first-order valence-electron chi connectivity index (χ1n) is 8.84. The van der Waals surface area contributed by atoms with Gasteiger partial charge in [0.1, 0.15) is 4.90 Å². The smallest absolute Gasteiger partial charge is 0.321 e. The van der Waals surface area contributed by atoms with E-state index < -0.39 is 33.4 Å². The fraction of sp³-hybridized carbons (Fsp3) is 0.0952. The third-order valence-electron chi connectivity index (χ3n) is 4.35. The molecule has 0 saturated heterocycles. The van der Waals surface area contributed by atoms with Gasteiger partial charge in [-0.2, -0.15) is 13.2 Å². The number of para-hydroxylation sites is 2. The topological polar surface area (TPSA) is 75.3 Å². The zero-order valence-electron chi connectivity index (χ0n) is 16.0. The lowest BCUT2D eigenvalue weighted by molar-refractivity contribution is -0.136. The van der Waals surface area contributed by atoms with Gasteiger partial charge in [-0.05, 0) is 48.9 Å². The number of alkyl halides is 3. The molecule has 0 aromatic heterocycles. The Balaban J connectivity index is 1.93. The largest absolute Gasteiger partial charge is 0.418 e. The third-order valence-corrected chi connectivity index (χ3v) is 6.20. The van der Waals surface area contributed by atoms with Crippen molar-refractivity contribution in [2.45, 2.75) is 18.0 Å². The summed E-state index contributed by atoms with van der Waals surface area (Å²) in [6.07, 6.45) is -4.67. The number of amides is 1. The first kappa shape index (κ1) is 22.6. The van der Waals surface area contributed by atoms with Crippen molar-refractivity contribution >= 4 is 38.9 Å². The van der Waals surface area contributed by atoms with E-state index in [4.69, 9.17) is 11.6 Å². The summed E-state index contributed by atoms with van der Waals surface area (Å²) in [5.41, 5.74) is -0.650. The molecule has 0 radical (unpaired) electrons. The molecule has 0 spiro atoms. The summed E-state index contributed by atoms with van der Waals surface area (Å²) in [7, 11) is -4.17. The van der Waals surface area contributed by atoms with E-state index in [0.717, 1.165) is 18.2 Å². The summed E-state index contributed by atoms with van der Waals surface area (Å²) in [4.78, 5) is 12.2. The molecule has 0 aliphatic rings. The van der Waals surface area contributed by atoms with Gasteiger partial charge in [-0.25, -0.2) is 8.42 Å². The van der Waals surface area contributed by atoms with Crippen LogP contribution in [-0.2, 0) is 16.2 Å². The first-order valence-corrected chi connectivity index (χ1v) is 10.7. The molecule has 3 aromatic rings. The molecule has 1 amide bonds. The number of halogens is 4. The lowest BCUT2D eigenvalue weighted by Crippen LogP contribution is -2.18. The maximum atomic E-state index is 13.2. The van der Waals surface area contributed by atoms with Crippen LogP contribution in [0.25, 0.3) is 0 Å². The highest BCUT2D eigenvalue weighted by Gasteiger charge is 2.33. The van der Waals surface area contributed by atoms with Crippen molar-refractivity contribution < 1.29 is 26.4 Å². The molecule has 0 aliphatic carbocycles. The lowest BCUT2D eigenvalue weighted by atomic mass is 10.1. The number of aryl methyl sites for hydroxylation is 1. The Morgan fingerprint density at radius 2 is 1.55 bits per heavy atom. The van der Waals surface area contributed by atoms with Crippen LogP contribution >= 0.6 is 11.6 Å². The Labute approximate surface area is 181 Å². The second-order valence-corrected chi connectivity index (χ2v) is 8.62. The third kappa shape index (κ3) is 5.18. The van der Waals surface area contributed by atoms with Crippen LogP contribution in [-0.4, -0.2) is 14.3 Å². The standard InChI is InChI=1S/C21H16ClF3N2O3S/c1-13-6-2-4-8-17(13)27-31(29,30)19-12-14(10-11-16(19)22)20(28)26-18-9-5-3-7-15(18)21(23,24)25/h2-12,27H,1H3,(H,26,28). The summed E-state index contributed by atoms with van der Waals surface area (Å²) in [6.45, 7) is 1.71. The van der Waals surface area contributed by atoms with E-state index in [1.807, 2.05) is 0 Å². The summed E-state index contributed by atoms with van der Waals surface area (Å²) in [6, 6.07) is 14.6. The SMILES string of the molecule is Cc1ccccc1NS(=O)(=O)c1cc(C(=O)Nc2ccccc2C(F)(F)F)ccc1Cl. The van der Waals surface area contributed by atoms with Crippen LogP contribution in [0, 0.1) is 6.92 Å². The number of hydrogen-bond acceptors (Lipinski definition) is 3. The molecule has 0 bridgehead atoms.